The molecule has 0 aliphatic carbocycles. The third-order valence-corrected chi connectivity index (χ3v) is 5.62. The summed E-state index contributed by atoms with van der Waals surface area (Å²) < 4.78 is 11.4. The standard InChI is InChI=1S/C22H31N3O2S.HI/c1-2-23-22(24-12-9-21-4-3-15-28-21)25-16-18-5-7-19(8-6-18)17-27-20-10-13-26-14-11-20;/h3-8,15,20H,2,9-14,16-17H2,1H3,(H2,23,24,25);1H. The van der Waals surface area contributed by atoms with Crippen molar-refractivity contribution in [1.82, 2.24) is 10.6 Å². The summed E-state index contributed by atoms with van der Waals surface area (Å²) >= 11 is 1.80. The maximum atomic E-state index is 5.99. The Bertz CT molecular complexity index is 701. The van der Waals surface area contributed by atoms with Crippen molar-refractivity contribution in [3.63, 3.8) is 0 Å². The van der Waals surface area contributed by atoms with E-state index in [2.05, 4.69) is 59.3 Å². The molecule has 1 aromatic carbocycles. The van der Waals surface area contributed by atoms with Crippen LogP contribution in [0.4, 0.5) is 0 Å². The lowest BCUT2D eigenvalue weighted by atomic mass is 10.1. The second-order valence-electron chi connectivity index (χ2n) is 6.89. The number of guanidine groups is 1. The zero-order valence-electron chi connectivity index (χ0n) is 17.1. The number of nitrogens with zero attached hydrogens (tertiary/aromatic N) is 1. The summed E-state index contributed by atoms with van der Waals surface area (Å²) in [4.78, 5) is 6.09. The van der Waals surface area contributed by atoms with Crippen molar-refractivity contribution in [3.05, 3.63) is 57.8 Å². The van der Waals surface area contributed by atoms with E-state index in [1.165, 1.54) is 16.0 Å². The van der Waals surface area contributed by atoms with Crippen molar-refractivity contribution in [2.45, 2.75) is 45.4 Å². The topological polar surface area (TPSA) is 54.9 Å². The molecule has 0 spiro atoms. The quantitative estimate of drug-likeness (QED) is 0.288. The van der Waals surface area contributed by atoms with Gasteiger partial charge in [-0.05, 0) is 48.8 Å². The van der Waals surface area contributed by atoms with Gasteiger partial charge in [0.15, 0.2) is 5.96 Å². The van der Waals surface area contributed by atoms with Crippen molar-refractivity contribution in [3.8, 4) is 0 Å². The fourth-order valence-electron chi connectivity index (χ4n) is 3.07. The van der Waals surface area contributed by atoms with Crippen LogP contribution in [0.25, 0.3) is 0 Å². The van der Waals surface area contributed by atoms with Gasteiger partial charge in [-0.2, -0.15) is 0 Å². The van der Waals surface area contributed by atoms with E-state index in [9.17, 15) is 0 Å². The predicted octanol–water partition coefficient (Wildman–Crippen LogP) is 4.36. The highest BCUT2D eigenvalue weighted by molar-refractivity contribution is 14.0. The molecule has 2 heterocycles. The average molecular weight is 529 g/mol. The Kier molecular flexibility index (Phi) is 11.6. The van der Waals surface area contributed by atoms with Crippen LogP contribution in [-0.4, -0.2) is 38.4 Å². The molecule has 160 valence electrons. The second-order valence-corrected chi connectivity index (χ2v) is 7.92. The molecule has 1 aliphatic rings. The van der Waals surface area contributed by atoms with Crippen LogP contribution in [0.5, 0.6) is 0 Å². The number of benzene rings is 1. The van der Waals surface area contributed by atoms with Gasteiger partial charge in [0.05, 0.1) is 19.3 Å². The molecule has 3 rings (SSSR count). The number of hydrogen-bond acceptors (Lipinski definition) is 4. The van der Waals surface area contributed by atoms with Gasteiger partial charge in [-0.25, -0.2) is 4.99 Å². The smallest absolute Gasteiger partial charge is 0.191 e. The maximum Gasteiger partial charge on any atom is 0.191 e. The maximum absolute atomic E-state index is 5.99. The van der Waals surface area contributed by atoms with E-state index >= 15 is 0 Å². The third-order valence-electron chi connectivity index (χ3n) is 4.68. The molecule has 0 unspecified atom stereocenters. The number of hydrogen-bond donors (Lipinski definition) is 2. The summed E-state index contributed by atoms with van der Waals surface area (Å²) in [7, 11) is 0. The first-order chi connectivity index (χ1) is 13.8. The first-order valence-corrected chi connectivity index (χ1v) is 11.0. The molecule has 1 fully saturated rings. The highest BCUT2D eigenvalue weighted by Gasteiger charge is 2.13. The number of rotatable bonds is 9. The minimum absolute atomic E-state index is 0. The van der Waals surface area contributed by atoms with Gasteiger partial charge in [0, 0.05) is 31.2 Å². The first-order valence-electron chi connectivity index (χ1n) is 10.1. The molecule has 0 amide bonds. The van der Waals surface area contributed by atoms with E-state index in [1.807, 2.05) is 0 Å². The Morgan fingerprint density at radius 3 is 2.59 bits per heavy atom. The Hall–Kier alpha value is -1.16. The fourth-order valence-corrected chi connectivity index (χ4v) is 3.78. The molecule has 1 aliphatic heterocycles. The van der Waals surface area contributed by atoms with Gasteiger partial charge in [0.1, 0.15) is 0 Å². The lowest BCUT2D eigenvalue weighted by Gasteiger charge is -2.22. The number of halogens is 1. The van der Waals surface area contributed by atoms with Gasteiger partial charge in [0.2, 0.25) is 0 Å². The summed E-state index contributed by atoms with van der Waals surface area (Å²) in [5, 5.41) is 8.84. The molecule has 0 bridgehead atoms. The average Bonchev–Trinajstić information content (AvgIpc) is 3.25. The molecule has 2 N–H and O–H groups in total. The van der Waals surface area contributed by atoms with Crippen LogP contribution in [0, 0.1) is 0 Å². The number of thiophene rings is 1. The minimum atomic E-state index is 0. The van der Waals surface area contributed by atoms with Crippen LogP contribution in [0.3, 0.4) is 0 Å². The van der Waals surface area contributed by atoms with Crippen LogP contribution in [0.15, 0.2) is 46.8 Å². The number of ether oxygens (including phenoxy) is 2. The van der Waals surface area contributed by atoms with E-state index in [-0.39, 0.29) is 24.0 Å². The van der Waals surface area contributed by atoms with Crippen molar-refractivity contribution in [2.24, 2.45) is 4.99 Å². The van der Waals surface area contributed by atoms with Gasteiger partial charge >= 0.3 is 0 Å². The molecule has 0 atom stereocenters. The van der Waals surface area contributed by atoms with Crippen LogP contribution < -0.4 is 10.6 Å². The van der Waals surface area contributed by atoms with Crippen molar-refractivity contribution >= 4 is 41.3 Å². The highest BCUT2D eigenvalue weighted by atomic mass is 127. The first kappa shape index (κ1) is 24.1. The van der Waals surface area contributed by atoms with Gasteiger partial charge in [-0.1, -0.05) is 30.3 Å². The number of aliphatic imine (C=N–C) groups is 1. The SMILES string of the molecule is CCNC(=NCc1ccc(COC2CCOCC2)cc1)NCCc1cccs1.I. The molecule has 29 heavy (non-hydrogen) atoms. The summed E-state index contributed by atoms with van der Waals surface area (Å²) in [6, 6.07) is 12.8. The molecule has 2 aromatic rings. The lowest BCUT2D eigenvalue weighted by Crippen LogP contribution is -2.38. The van der Waals surface area contributed by atoms with Gasteiger partial charge in [0.25, 0.3) is 0 Å². The van der Waals surface area contributed by atoms with Crippen LogP contribution in [0.1, 0.15) is 35.8 Å². The van der Waals surface area contributed by atoms with Crippen molar-refractivity contribution in [1.29, 1.82) is 0 Å². The van der Waals surface area contributed by atoms with E-state index in [4.69, 9.17) is 14.5 Å². The molecule has 1 saturated heterocycles. The summed E-state index contributed by atoms with van der Waals surface area (Å²) in [5.41, 5.74) is 2.41. The molecule has 1 aromatic heterocycles. The molecular weight excluding hydrogens is 497 g/mol. The zero-order valence-corrected chi connectivity index (χ0v) is 20.2. The third kappa shape index (κ3) is 9.02. The summed E-state index contributed by atoms with van der Waals surface area (Å²) in [6.07, 6.45) is 3.35. The van der Waals surface area contributed by atoms with E-state index in [1.54, 1.807) is 11.3 Å². The largest absolute Gasteiger partial charge is 0.381 e. The summed E-state index contributed by atoms with van der Waals surface area (Å²) in [5.74, 6) is 0.867. The van der Waals surface area contributed by atoms with Gasteiger partial charge < -0.3 is 20.1 Å². The monoisotopic (exact) mass is 529 g/mol. The zero-order chi connectivity index (χ0) is 19.4. The van der Waals surface area contributed by atoms with Crippen molar-refractivity contribution in [2.75, 3.05) is 26.3 Å². The van der Waals surface area contributed by atoms with E-state index in [0.717, 1.165) is 51.5 Å². The van der Waals surface area contributed by atoms with E-state index < -0.39 is 0 Å². The molecule has 0 saturated carbocycles. The Morgan fingerprint density at radius 2 is 1.90 bits per heavy atom. The van der Waals surface area contributed by atoms with Crippen LogP contribution in [-0.2, 0) is 29.0 Å². The summed E-state index contributed by atoms with van der Waals surface area (Å²) in [6.45, 7) is 6.79. The minimum Gasteiger partial charge on any atom is -0.381 e. The van der Waals surface area contributed by atoms with Gasteiger partial charge in [-0.3, -0.25) is 0 Å². The fraction of sp³-hybridized carbons (Fsp3) is 0.500. The molecule has 5 nitrogen and oxygen atoms in total. The second kappa shape index (κ2) is 14.0. The molecule has 0 radical (unpaired) electrons. The molecule has 7 heteroatoms. The van der Waals surface area contributed by atoms with E-state index in [0.29, 0.717) is 19.3 Å². The highest BCUT2D eigenvalue weighted by Crippen LogP contribution is 2.14. The normalized spacial score (nSPS) is 15.0. The Balaban J connectivity index is 0.00000300. The Morgan fingerprint density at radius 1 is 1.14 bits per heavy atom. The molecular formula is C22H32IN3O2S. The van der Waals surface area contributed by atoms with Crippen molar-refractivity contribution < 1.29 is 9.47 Å². The predicted molar refractivity (Wildman–Crippen MR) is 131 cm³/mol. The van der Waals surface area contributed by atoms with Crippen LogP contribution >= 0.6 is 35.3 Å². The van der Waals surface area contributed by atoms with Gasteiger partial charge in [-0.15, -0.1) is 35.3 Å². The Labute approximate surface area is 195 Å². The van der Waals surface area contributed by atoms with Crippen LogP contribution in [0.2, 0.25) is 0 Å². The lowest BCUT2D eigenvalue weighted by molar-refractivity contribution is -0.0390. The number of nitrogens with one attached hydrogen (secondary N) is 2.